The fourth-order valence-electron chi connectivity index (χ4n) is 20.6. The first-order valence-electron chi connectivity index (χ1n) is 27.7. The molecule has 0 spiro atoms. The van der Waals surface area contributed by atoms with Crippen molar-refractivity contribution in [2.75, 3.05) is 0 Å². The van der Waals surface area contributed by atoms with Gasteiger partial charge in [0.2, 0.25) is 0 Å². The van der Waals surface area contributed by atoms with Crippen LogP contribution < -0.4 is 0 Å². The molecule has 20 atom stereocenters. The summed E-state index contributed by atoms with van der Waals surface area (Å²) in [5, 5.41) is 68.5. The lowest BCUT2D eigenvalue weighted by atomic mass is 9.35. The van der Waals surface area contributed by atoms with Gasteiger partial charge in [-0.1, -0.05) is 92.5 Å². The van der Waals surface area contributed by atoms with Crippen molar-refractivity contribution in [1.29, 1.82) is 0 Å². The number of hydrogen-bond donors (Lipinski definition) is 6. The Morgan fingerprint density at radius 3 is 1.09 bits per heavy atom. The molecular formula is C60H104O6. The summed E-state index contributed by atoms with van der Waals surface area (Å²) in [7, 11) is 0. The number of allylic oxidation sites excluding steroid dienone is 4. The van der Waals surface area contributed by atoms with Crippen molar-refractivity contribution in [3.8, 4) is 0 Å². The van der Waals surface area contributed by atoms with E-state index in [-0.39, 0.29) is 91.4 Å². The molecule has 0 saturated heterocycles. The monoisotopic (exact) mass is 921 g/mol. The Bertz CT molecular complexity index is 1690. The minimum absolute atomic E-state index is 0.0503. The third-order valence-corrected chi connectivity index (χ3v) is 24.7. The zero-order valence-electron chi connectivity index (χ0n) is 45.5. The Balaban J connectivity index is 0.000000196. The topological polar surface area (TPSA) is 121 Å². The van der Waals surface area contributed by atoms with Crippen LogP contribution in [-0.4, -0.2) is 66.3 Å². The van der Waals surface area contributed by atoms with Crippen molar-refractivity contribution < 1.29 is 30.6 Å². The van der Waals surface area contributed by atoms with Gasteiger partial charge in [0, 0.05) is 0 Å². The number of aliphatic hydroxyl groups is 6. The summed E-state index contributed by atoms with van der Waals surface area (Å²) in [6.45, 7) is 36.7. The second-order valence-corrected chi connectivity index (χ2v) is 29.0. The van der Waals surface area contributed by atoms with Crippen LogP contribution in [-0.2, 0) is 0 Å². The van der Waals surface area contributed by atoms with Gasteiger partial charge in [-0.05, 0) is 248 Å². The summed E-state index contributed by atoms with van der Waals surface area (Å²) in [4.78, 5) is 0. The van der Waals surface area contributed by atoms with E-state index in [1.54, 1.807) is 0 Å². The molecule has 0 bridgehead atoms. The van der Waals surface area contributed by atoms with Crippen molar-refractivity contribution >= 4 is 0 Å². The van der Waals surface area contributed by atoms with Gasteiger partial charge in [0.25, 0.3) is 0 Å². The third-order valence-electron chi connectivity index (χ3n) is 24.7. The Hall–Kier alpha value is -0.760. The van der Waals surface area contributed by atoms with Gasteiger partial charge in [0.05, 0.1) is 35.6 Å². The van der Waals surface area contributed by atoms with Crippen LogP contribution in [0.4, 0.5) is 0 Å². The Morgan fingerprint density at radius 2 is 0.773 bits per heavy atom. The summed E-state index contributed by atoms with van der Waals surface area (Å²) in [6, 6.07) is 0. The maximum absolute atomic E-state index is 11.8. The zero-order chi connectivity index (χ0) is 49.2. The van der Waals surface area contributed by atoms with Gasteiger partial charge in [-0.3, -0.25) is 0 Å². The maximum atomic E-state index is 11.8. The highest BCUT2D eigenvalue weighted by Crippen LogP contribution is 2.78. The van der Waals surface area contributed by atoms with Gasteiger partial charge in [0.1, 0.15) is 0 Å². The molecule has 0 aliphatic heterocycles. The molecule has 6 N–H and O–H groups in total. The van der Waals surface area contributed by atoms with Crippen molar-refractivity contribution in [3.05, 3.63) is 23.3 Å². The molecule has 0 aromatic carbocycles. The normalized spacial score (nSPS) is 50.5. The molecule has 0 aromatic rings. The van der Waals surface area contributed by atoms with Crippen LogP contribution in [0.3, 0.4) is 0 Å². The van der Waals surface area contributed by atoms with E-state index in [4.69, 9.17) is 0 Å². The van der Waals surface area contributed by atoms with E-state index in [2.05, 4.69) is 109 Å². The van der Waals surface area contributed by atoms with E-state index in [1.165, 1.54) is 36.8 Å². The number of rotatable bonds is 8. The fraction of sp³-hybridized carbons (Fsp3) is 0.933. The molecule has 0 unspecified atom stereocenters. The summed E-state index contributed by atoms with van der Waals surface area (Å²) >= 11 is 0. The summed E-state index contributed by atoms with van der Waals surface area (Å²) in [6.07, 6.45) is 21.3. The van der Waals surface area contributed by atoms with E-state index >= 15 is 0 Å². The van der Waals surface area contributed by atoms with Crippen molar-refractivity contribution in [2.24, 2.45) is 90.7 Å². The SMILES string of the molecule is CC(C)=CCC[C@](C)(O)[C@H]1CC[C@]2(C)[C@@H]1[C@H](O)C[C@@H]1[C@@]3(C)CC[C@H](O)C(C)(C)[C@@H]3CC[C@]12C.CC(C)=CCC[C@](C)(O)[C@H]1CC[C@]2(C)[C@@H]1[C@H](O)C[C@@H]1[C@@]3(C)CC[C@H](O)C(C)(C)[C@@H]3CC[C@]12C. The average Bonchev–Trinajstić information content (AvgIpc) is 3.78. The number of aliphatic hydroxyl groups excluding tert-OH is 4. The quantitative estimate of drug-likeness (QED) is 0.135. The third kappa shape index (κ3) is 7.98. The second-order valence-electron chi connectivity index (χ2n) is 29.0. The number of hydrogen-bond acceptors (Lipinski definition) is 6. The number of fused-ring (bicyclic) bond motifs is 10. The molecule has 0 radical (unpaired) electrons. The average molecular weight is 921 g/mol. The lowest BCUT2D eigenvalue weighted by Crippen LogP contribution is -2.66. The minimum Gasteiger partial charge on any atom is -0.393 e. The molecule has 0 amide bonds. The van der Waals surface area contributed by atoms with Crippen LogP contribution in [0.5, 0.6) is 0 Å². The van der Waals surface area contributed by atoms with Crippen LogP contribution in [0.25, 0.3) is 0 Å². The molecule has 8 aliphatic rings. The van der Waals surface area contributed by atoms with E-state index in [9.17, 15) is 30.6 Å². The van der Waals surface area contributed by atoms with Gasteiger partial charge < -0.3 is 30.6 Å². The van der Waals surface area contributed by atoms with E-state index in [0.29, 0.717) is 23.7 Å². The summed E-state index contributed by atoms with van der Waals surface area (Å²) in [5.41, 5.74) is 1.77. The van der Waals surface area contributed by atoms with Crippen molar-refractivity contribution in [3.63, 3.8) is 0 Å². The zero-order valence-corrected chi connectivity index (χ0v) is 45.5. The molecule has 0 aromatic heterocycles. The fourth-order valence-corrected chi connectivity index (χ4v) is 20.6. The highest BCUT2D eigenvalue weighted by atomic mass is 16.3. The van der Waals surface area contributed by atoms with Gasteiger partial charge in [-0.15, -0.1) is 0 Å². The Labute approximate surface area is 405 Å². The molecule has 66 heavy (non-hydrogen) atoms. The van der Waals surface area contributed by atoms with Crippen LogP contribution in [0.1, 0.15) is 226 Å². The van der Waals surface area contributed by atoms with Gasteiger partial charge in [0.15, 0.2) is 0 Å². The van der Waals surface area contributed by atoms with Gasteiger partial charge >= 0.3 is 0 Å². The smallest absolute Gasteiger partial charge is 0.0654 e. The van der Waals surface area contributed by atoms with Crippen LogP contribution >= 0.6 is 0 Å². The molecule has 8 aliphatic carbocycles. The molecule has 8 fully saturated rings. The van der Waals surface area contributed by atoms with Crippen LogP contribution in [0.15, 0.2) is 23.3 Å². The Morgan fingerprint density at radius 1 is 0.455 bits per heavy atom. The van der Waals surface area contributed by atoms with Crippen molar-refractivity contribution in [2.45, 2.75) is 262 Å². The standard InChI is InChI=1S/2C30H52O3/c2*1-19(2)10-9-14-30(8,33)20-11-16-29(7)25(20)21(31)18-23-27(5)15-13-24(32)26(3,4)22(27)12-17-28(23,29)6/h2*10,20-25,31-33H,9,11-18H2,1-8H3/t2*20-,21+,22-,23+,24-,25-,27-,28+,29+,30-/m00/s1. The molecule has 0 heterocycles. The summed E-state index contributed by atoms with van der Waals surface area (Å²) < 4.78 is 0. The Kier molecular flexibility index (Phi) is 14.0. The first-order chi connectivity index (χ1) is 30.2. The highest BCUT2D eigenvalue weighted by Gasteiger charge is 2.73. The van der Waals surface area contributed by atoms with Crippen LogP contribution in [0.2, 0.25) is 0 Å². The molecule has 6 heteroatoms. The van der Waals surface area contributed by atoms with E-state index in [1.807, 2.05) is 13.8 Å². The van der Waals surface area contributed by atoms with E-state index in [0.717, 1.165) is 89.9 Å². The van der Waals surface area contributed by atoms with Gasteiger partial charge in [-0.25, -0.2) is 0 Å². The molecular weight excluding hydrogens is 817 g/mol. The van der Waals surface area contributed by atoms with Crippen molar-refractivity contribution in [1.82, 2.24) is 0 Å². The second kappa shape index (κ2) is 17.5. The first kappa shape index (κ1) is 53.0. The molecule has 6 nitrogen and oxygen atoms in total. The first-order valence-corrected chi connectivity index (χ1v) is 27.7. The largest absolute Gasteiger partial charge is 0.393 e. The van der Waals surface area contributed by atoms with Crippen LogP contribution in [0, 0.1) is 90.7 Å². The van der Waals surface area contributed by atoms with E-state index < -0.39 is 11.2 Å². The summed E-state index contributed by atoms with van der Waals surface area (Å²) in [5.74, 6) is 2.62. The predicted octanol–water partition coefficient (Wildman–Crippen LogP) is 13.0. The highest BCUT2D eigenvalue weighted by molar-refractivity contribution is 5.22. The molecule has 8 rings (SSSR count). The predicted molar refractivity (Wildman–Crippen MR) is 271 cm³/mol. The maximum Gasteiger partial charge on any atom is 0.0654 e. The van der Waals surface area contributed by atoms with Gasteiger partial charge in [-0.2, -0.15) is 0 Å². The lowest BCUT2D eigenvalue weighted by Gasteiger charge is -2.70. The minimum atomic E-state index is -0.739. The molecule has 380 valence electrons. The lowest BCUT2D eigenvalue weighted by molar-refractivity contribution is -0.246. The molecule has 8 saturated carbocycles.